The normalized spacial score (nSPS) is 16.9. The largest absolute Gasteiger partial charge is 0.465 e. The summed E-state index contributed by atoms with van der Waals surface area (Å²) in [6.07, 6.45) is 2.58. The van der Waals surface area contributed by atoms with Crippen LogP contribution in [-0.2, 0) is 0 Å². The predicted molar refractivity (Wildman–Crippen MR) is 72.0 cm³/mol. The lowest BCUT2D eigenvalue weighted by Gasteiger charge is -2.30. The van der Waals surface area contributed by atoms with Gasteiger partial charge >= 0.3 is 6.09 Å². The van der Waals surface area contributed by atoms with Crippen molar-refractivity contribution in [2.45, 2.75) is 18.9 Å². The van der Waals surface area contributed by atoms with Crippen molar-refractivity contribution in [3.63, 3.8) is 0 Å². The zero-order valence-corrected chi connectivity index (χ0v) is 10.5. The van der Waals surface area contributed by atoms with E-state index >= 15 is 0 Å². The predicted octanol–water partition coefficient (Wildman–Crippen LogP) is 1.93. The number of hydrogen-bond acceptors (Lipinski definition) is 3. The fraction of sp³-hybridized carbons (Fsp3) is 0.385. The number of benzene rings is 1. The topological polar surface area (TPSA) is 84.4 Å². The molecule has 2 heterocycles. The highest BCUT2D eigenvalue weighted by Gasteiger charge is 2.24. The highest BCUT2D eigenvalue weighted by molar-refractivity contribution is 5.82. The van der Waals surface area contributed by atoms with Crippen molar-refractivity contribution in [2.75, 3.05) is 18.8 Å². The highest BCUT2D eigenvalue weighted by Crippen LogP contribution is 2.27. The number of hydrogen-bond donors (Lipinski definition) is 2. The molecule has 0 aliphatic carbocycles. The van der Waals surface area contributed by atoms with Gasteiger partial charge in [0, 0.05) is 24.2 Å². The Morgan fingerprint density at radius 3 is 2.79 bits per heavy atom. The molecule has 1 fully saturated rings. The van der Waals surface area contributed by atoms with E-state index in [9.17, 15) is 4.79 Å². The van der Waals surface area contributed by atoms with E-state index in [2.05, 4.69) is 5.10 Å². The molecule has 19 heavy (non-hydrogen) atoms. The quantitative estimate of drug-likeness (QED) is 0.767. The van der Waals surface area contributed by atoms with E-state index in [4.69, 9.17) is 10.8 Å². The number of anilines is 1. The van der Waals surface area contributed by atoms with E-state index in [0.29, 0.717) is 13.1 Å². The molecule has 1 aliphatic rings. The van der Waals surface area contributed by atoms with E-state index in [1.807, 2.05) is 29.1 Å². The second-order valence-corrected chi connectivity index (χ2v) is 4.91. The first-order chi connectivity index (χ1) is 9.15. The molecule has 0 spiro atoms. The molecular weight excluding hydrogens is 244 g/mol. The number of amides is 1. The van der Waals surface area contributed by atoms with E-state index in [0.717, 1.165) is 29.4 Å². The number of carbonyl (C=O) groups is 1. The van der Waals surface area contributed by atoms with Gasteiger partial charge in [-0.15, -0.1) is 0 Å². The SMILES string of the molecule is Nc1ccc2c(cnn2C2CCN(C(=O)O)CC2)c1. The van der Waals surface area contributed by atoms with Crippen molar-refractivity contribution >= 4 is 22.7 Å². The van der Waals surface area contributed by atoms with Crippen LogP contribution in [0.25, 0.3) is 10.9 Å². The Balaban J connectivity index is 1.84. The van der Waals surface area contributed by atoms with Gasteiger partial charge < -0.3 is 15.7 Å². The second kappa shape index (κ2) is 4.46. The van der Waals surface area contributed by atoms with Gasteiger partial charge in [-0.1, -0.05) is 0 Å². The highest BCUT2D eigenvalue weighted by atomic mass is 16.4. The average Bonchev–Trinajstić information content (AvgIpc) is 2.81. The molecule has 0 bridgehead atoms. The fourth-order valence-corrected chi connectivity index (χ4v) is 2.66. The Hall–Kier alpha value is -2.24. The summed E-state index contributed by atoms with van der Waals surface area (Å²) in [6, 6.07) is 6.01. The van der Waals surface area contributed by atoms with Crippen LogP contribution in [0.15, 0.2) is 24.4 Å². The molecule has 6 heteroatoms. The number of nitrogen functional groups attached to an aromatic ring is 1. The maximum atomic E-state index is 10.9. The van der Waals surface area contributed by atoms with Gasteiger partial charge in [-0.05, 0) is 31.0 Å². The van der Waals surface area contributed by atoms with Gasteiger partial charge in [0.2, 0.25) is 0 Å². The molecule has 3 N–H and O–H groups in total. The second-order valence-electron chi connectivity index (χ2n) is 4.91. The first-order valence-corrected chi connectivity index (χ1v) is 6.36. The molecule has 2 aromatic rings. The van der Waals surface area contributed by atoms with Crippen LogP contribution in [0.4, 0.5) is 10.5 Å². The van der Waals surface area contributed by atoms with E-state index in [1.54, 1.807) is 0 Å². The van der Waals surface area contributed by atoms with Crippen LogP contribution in [0.2, 0.25) is 0 Å². The Kier molecular flexibility index (Phi) is 2.77. The number of fused-ring (bicyclic) bond motifs is 1. The summed E-state index contributed by atoms with van der Waals surface area (Å²) in [7, 11) is 0. The molecular formula is C13H16N4O2. The molecule has 0 atom stereocenters. The van der Waals surface area contributed by atoms with Crippen LogP contribution in [-0.4, -0.2) is 39.0 Å². The third-order valence-corrected chi connectivity index (χ3v) is 3.70. The summed E-state index contributed by atoms with van der Waals surface area (Å²) in [5.74, 6) is 0. The summed E-state index contributed by atoms with van der Waals surface area (Å²) < 4.78 is 1.99. The van der Waals surface area contributed by atoms with Gasteiger partial charge in [-0.25, -0.2) is 4.79 Å². The smallest absolute Gasteiger partial charge is 0.407 e. The summed E-state index contributed by atoms with van der Waals surface area (Å²) in [5, 5.41) is 14.4. The number of aromatic nitrogens is 2. The molecule has 0 unspecified atom stereocenters. The third kappa shape index (κ3) is 2.09. The molecule has 1 aromatic heterocycles. The Bertz CT molecular complexity index is 614. The molecule has 1 amide bonds. The zero-order valence-electron chi connectivity index (χ0n) is 10.5. The summed E-state index contributed by atoms with van der Waals surface area (Å²) >= 11 is 0. The zero-order chi connectivity index (χ0) is 13.4. The average molecular weight is 260 g/mol. The number of nitrogens with two attached hydrogens (primary N) is 1. The Morgan fingerprint density at radius 2 is 2.11 bits per heavy atom. The van der Waals surface area contributed by atoms with Crippen molar-refractivity contribution in [3.8, 4) is 0 Å². The number of nitrogens with zero attached hydrogens (tertiary/aromatic N) is 3. The molecule has 0 radical (unpaired) electrons. The number of piperidine rings is 1. The van der Waals surface area contributed by atoms with Crippen molar-refractivity contribution in [1.29, 1.82) is 0 Å². The van der Waals surface area contributed by atoms with Gasteiger partial charge in [0.1, 0.15) is 0 Å². The summed E-state index contributed by atoms with van der Waals surface area (Å²) in [5.41, 5.74) is 7.54. The van der Waals surface area contributed by atoms with Crippen molar-refractivity contribution in [3.05, 3.63) is 24.4 Å². The molecule has 1 aliphatic heterocycles. The van der Waals surface area contributed by atoms with Gasteiger partial charge in [-0.2, -0.15) is 5.10 Å². The third-order valence-electron chi connectivity index (χ3n) is 3.70. The van der Waals surface area contributed by atoms with E-state index in [1.165, 1.54) is 4.90 Å². The molecule has 1 aromatic carbocycles. The number of likely N-dealkylation sites (tertiary alicyclic amines) is 1. The number of rotatable bonds is 1. The Morgan fingerprint density at radius 1 is 1.37 bits per heavy atom. The lowest BCUT2D eigenvalue weighted by molar-refractivity contribution is 0.124. The standard InChI is InChI=1S/C13H16N4O2/c14-10-1-2-12-9(7-10)8-15-17(12)11-3-5-16(6-4-11)13(18)19/h1-2,7-8,11H,3-6,14H2,(H,18,19). The monoisotopic (exact) mass is 260 g/mol. The van der Waals surface area contributed by atoms with Crippen molar-refractivity contribution in [2.24, 2.45) is 0 Å². The minimum Gasteiger partial charge on any atom is -0.465 e. The lowest BCUT2D eigenvalue weighted by atomic mass is 10.1. The first-order valence-electron chi connectivity index (χ1n) is 6.36. The van der Waals surface area contributed by atoms with Crippen LogP contribution in [0.3, 0.4) is 0 Å². The van der Waals surface area contributed by atoms with Crippen LogP contribution < -0.4 is 5.73 Å². The molecule has 6 nitrogen and oxygen atoms in total. The molecule has 3 rings (SSSR count). The maximum absolute atomic E-state index is 10.9. The molecule has 1 saturated heterocycles. The van der Waals surface area contributed by atoms with Crippen molar-refractivity contribution in [1.82, 2.24) is 14.7 Å². The fourth-order valence-electron chi connectivity index (χ4n) is 2.66. The minimum absolute atomic E-state index is 0.261. The summed E-state index contributed by atoms with van der Waals surface area (Å²) in [6.45, 7) is 1.13. The molecule has 0 saturated carbocycles. The van der Waals surface area contributed by atoms with Gasteiger partial charge in [0.05, 0.1) is 17.8 Å². The first kappa shape index (κ1) is 11.8. The number of carboxylic acid groups (broad SMARTS) is 1. The van der Waals surface area contributed by atoms with Gasteiger partial charge in [0.15, 0.2) is 0 Å². The lowest BCUT2D eigenvalue weighted by Crippen LogP contribution is -2.38. The van der Waals surface area contributed by atoms with Crippen LogP contribution in [0, 0.1) is 0 Å². The summed E-state index contributed by atoms with van der Waals surface area (Å²) in [4.78, 5) is 12.3. The van der Waals surface area contributed by atoms with Gasteiger partial charge in [0.25, 0.3) is 0 Å². The van der Waals surface area contributed by atoms with E-state index < -0.39 is 6.09 Å². The molecule has 100 valence electrons. The van der Waals surface area contributed by atoms with Crippen LogP contribution in [0.1, 0.15) is 18.9 Å². The van der Waals surface area contributed by atoms with Crippen LogP contribution in [0.5, 0.6) is 0 Å². The van der Waals surface area contributed by atoms with Crippen LogP contribution >= 0.6 is 0 Å². The van der Waals surface area contributed by atoms with Crippen molar-refractivity contribution < 1.29 is 9.90 Å². The minimum atomic E-state index is -0.837. The van der Waals surface area contributed by atoms with Gasteiger partial charge in [-0.3, -0.25) is 4.68 Å². The maximum Gasteiger partial charge on any atom is 0.407 e. The van der Waals surface area contributed by atoms with E-state index in [-0.39, 0.29) is 6.04 Å². The Labute approximate surface area is 110 Å².